The maximum atomic E-state index is 12.4. The average molecular weight is 326 g/mol. The summed E-state index contributed by atoms with van der Waals surface area (Å²) in [5.41, 5.74) is 3.26. The molecule has 1 aliphatic heterocycles. The smallest absolute Gasteiger partial charge is 0.222 e. The fourth-order valence-electron chi connectivity index (χ4n) is 3.26. The predicted octanol–water partition coefficient (Wildman–Crippen LogP) is 1.57. The van der Waals surface area contributed by atoms with Crippen LogP contribution >= 0.6 is 0 Å². The number of nitrogens with zero attached hydrogens (tertiary/aromatic N) is 3. The van der Waals surface area contributed by atoms with Crippen LogP contribution < -0.4 is 5.32 Å². The van der Waals surface area contributed by atoms with Gasteiger partial charge in [-0.15, -0.1) is 0 Å². The van der Waals surface area contributed by atoms with Crippen molar-refractivity contribution in [2.75, 3.05) is 6.54 Å². The molecule has 1 aliphatic rings. The predicted molar refractivity (Wildman–Crippen MR) is 89.9 cm³/mol. The van der Waals surface area contributed by atoms with Crippen LogP contribution in [0.25, 0.3) is 0 Å². The van der Waals surface area contributed by atoms with Gasteiger partial charge in [0.05, 0.1) is 18.7 Å². The summed E-state index contributed by atoms with van der Waals surface area (Å²) in [5, 5.41) is 7.01. The van der Waals surface area contributed by atoms with E-state index in [1.807, 2.05) is 31.4 Å². The molecule has 1 N–H and O–H groups in total. The van der Waals surface area contributed by atoms with Crippen LogP contribution in [-0.4, -0.2) is 33.0 Å². The van der Waals surface area contributed by atoms with Crippen molar-refractivity contribution >= 4 is 11.8 Å². The number of hydrogen-bond donors (Lipinski definition) is 1. The normalized spacial score (nSPS) is 16.6. The summed E-state index contributed by atoms with van der Waals surface area (Å²) in [6.07, 6.45) is 4.72. The number of aryl methyl sites for hydroxylation is 1. The molecule has 6 nitrogen and oxygen atoms in total. The lowest BCUT2D eigenvalue weighted by atomic mass is 9.90. The van der Waals surface area contributed by atoms with Gasteiger partial charge >= 0.3 is 0 Å². The molecule has 0 aliphatic carbocycles. The minimum Gasteiger partial charge on any atom is -0.352 e. The van der Waals surface area contributed by atoms with Crippen LogP contribution in [0.4, 0.5) is 0 Å². The Balaban J connectivity index is 1.70. The minimum atomic E-state index is -0.193. The monoisotopic (exact) mass is 326 g/mol. The van der Waals surface area contributed by atoms with Gasteiger partial charge in [0.1, 0.15) is 0 Å². The molecule has 0 spiro atoms. The Bertz CT molecular complexity index is 753. The lowest BCUT2D eigenvalue weighted by molar-refractivity contribution is -0.133. The molecule has 0 fully saturated rings. The molecule has 2 aromatic rings. The Morgan fingerprint density at radius 3 is 2.83 bits per heavy atom. The van der Waals surface area contributed by atoms with Gasteiger partial charge in [0, 0.05) is 38.8 Å². The molecule has 0 radical (unpaired) electrons. The molecular weight excluding hydrogens is 304 g/mol. The van der Waals surface area contributed by atoms with Crippen molar-refractivity contribution in [1.82, 2.24) is 20.0 Å². The third kappa shape index (κ3) is 3.48. The standard InChI is InChI=1S/C18H22N4O2/c1-13(23)22-8-7-15-5-3-4-6-16(15)17(22)9-18(24)19-10-14-11-20-21(2)12-14/h3-6,11-12,17H,7-10H2,1-2H3,(H,19,24). The molecule has 126 valence electrons. The number of nitrogens with one attached hydrogen (secondary N) is 1. The van der Waals surface area contributed by atoms with E-state index in [0.717, 1.165) is 17.5 Å². The Kier molecular flexibility index (Phi) is 4.64. The van der Waals surface area contributed by atoms with Crippen LogP contribution in [-0.2, 0) is 29.6 Å². The van der Waals surface area contributed by atoms with Crippen molar-refractivity contribution in [3.05, 3.63) is 53.3 Å². The first-order chi connectivity index (χ1) is 11.5. The molecule has 2 amide bonds. The van der Waals surface area contributed by atoms with Crippen LogP contribution in [0.1, 0.15) is 36.1 Å². The Labute approximate surface area is 141 Å². The fourth-order valence-corrected chi connectivity index (χ4v) is 3.26. The van der Waals surface area contributed by atoms with Gasteiger partial charge in [-0.1, -0.05) is 24.3 Å². The van der Waals surface area contributed by atoms with Crippen LogP contribution in [0.15, 0.2) is 36.7 Å². The second-order valence-electron chi connectivity index (χ2n) is 6.18. The first-order valence-electron chi connectivity index (χ1n) is 8.14. The largest absolute Gasteiger partial charge is 0.352 e. The molecule has 24 heavy (non-hydrogen) atoms. The fraction of sp³-hybridized carbons (Fsp3) is 0.389. The van der Waals surface area contributed by atoms with E-state index < -0.39 is 0 Å². The van der Waals surface area contributed by atoms with Crippen molar-refractivity contribution in [3.8, 4) is 0 Å². The van der Waals surface area contributed by atoms with Gasteiger partial charge in [-0.2, -0.15) is 5.10 Å². The SMILES string of the molecule is CC(=O)N1CCc2ccccc2C1CC(=O)NCc1cnn(C)c1. The topological polar surface area (TPSA) is 67.2 Å². The molecule has 2 heterocycles. The second kappa shape index (κ2) is 6.86. The number of aromatic nitrogens is 2. The molecule has 1 aromatic carbocycles. The van der Waals surface area contributed by atoms with Crippen molar-refractivity contribution < 1.29 is 9.59 Å². The van der Waals surface area contributed by atoms with E-state index in [1.165, 1.54) is 5.56 Å². The van der Waals surface area contributed by atoms with E-state index in [-0.39, 0.29) is 24.3 Å². The highest BCUT2D eigenvalue weighted by molar-refractivity contribution is 5.79. The minimum absolute atomic E-state index is 0.00885. The lowest BCUT2D eigenvalue weighted by Crippen LogP contribution is -2.41. The van der Waals surface area contributed by atoms with Crippen LogP contribution in [0.2, 0.25) is 0 Å². The summed E-state index contributed by atoms with van der Waals surface area (Å²) < 4.78 is 1.70. The number of carbonyl (C=O) groups is 2. The molecule has 1 atom stereocenters. The van der Waals surface area contributed by atoms with Crippen LogP contribution in [0.5, 0.6) is 0 Å². The molecule has 0 bridgehead atoms. The number of rotatable bonds is 4. The lowest BCUT2D eigenvalue weighted by Gasteiger charge is -2.36. The van der Waals surface area contributed by atoms with E-state index in [1.54, 1.807) is 22.7 Å². The number of benzene rings is 1. The zero-order chi connectivity index (χ0) is 17.1. The second-order valence-corrected chi connectivity index (χ2v) is 6.18. The summed E-state index contributed by atoms with van der Waals surface area (Å²) in [7, 11) is 1.84. The third-order valence-corrected chi connectivity index (χ3v) is 4.44. The first kappa shape index (κ1) is 16.2. The van der Waals surface area contributed by atoms with Crippen LogP contribution in [0, 0.1) is 0 Å². The molecule has 6 heteroatoms. The molecule has 3 rings (SSSR count). The van der Waals surface area contributed by atoms with Crippen molar-refractivity contribution in [2.45, 2.75) is 32.4 Å². The Morgan fingerprint density at radius 2 is 2.12 bits per heavy atom. The molecular formula is C18H22N4O2. The zero-order valence-corrected chi connectivity index (χ0v) is 14.0. The summed E-state index contributed by atoms with van der Waals surface area (Å²) >= 11 is 0. The zero-order valence-electron chi connectivity index (χ0n) is 14.0. The van der Waals surface area contributed by atoms with Gasteiger partial charge in [-0.25, -0.2) is 0 Å². The van der Waals surface area contributed by atoms with Crippen molar-refractivity contribution in [2.24, 2.45) is 7.05 Å². The summed E-state index contributed by atoms with van der Waals surface area (Å²) in [6.45, 7) is 2.67. The van der Waals surface area contributed by atoms with E-state index in [9.17, 15) is 9.59 Å². The van der Waals surface area contributed by atoms with E-state index in [0.29, 0.717) is 13.1 Å². The first-order valence-corrected chi connectivity index (χ1v) is 8.14. The quantitative estimate of drug-likeness (QED) is 0.927. The van der Waals surface area contributed by atoms with Gasteiger partial charge in [0.15, 0.2) is 0 Å². The highest BCUT2D eigenvalue weighted by Gasteiger charge is 2.30. The maximum absolute atomic E-state index is 12.4. The van der Waals surface area contributed by atoms with E-state index in [4.69, 9.17) is 0 Å². The molecule has 1 unspecified atom stereocenters. The highest BCUT2D eigenvalue weighted by Crippen LogP contribution is 2.32. The maximum Gasteiger partial charge on any atom is 0.222 e. The Hall–Kier alpha value is -2.63. The van der Waals surface area contributed by atoms with Crippen molar-refractivity contribution in [3.63, 3.8) is 0 Å². The van der Waals surface area contributed by atoms with Gasteiger partial charge < -0.3 is 10.2 Å². The number of hydrogen-bond acceptors (Lipinski definition) is 3. The van der Waals surface area contributed by atoms with Crippen molar-refractivity contribution in [1.29, 1.82) is 0 Å². The Morgan fingerprint density at radius 1 is 1.33 bits per heavy atom. The van der Waals surface area contributed by atoms with Gasteiger partial charge in [-0.05, 0) is 17.5 Å². The average Bonchev–Trinajstić information content (AvgIpc) is 2.98. The van der Waals surface area contributed by atoms with Gasteiger partial charge in [0.25, 0.3) is 0 Å². The number of amides is 2. The van der Waals surface area contributed by atoms with Gasteiger partial charge in [0.2, 0.25) is 11.8 Å². The molecule has 0 saturated carbocycles. The summed E-state index contributed by atoms with van der Waals surface area (Å²) in [6, 6.07) is 7.86. The third-order valence-electron chi connectivity index (χ3n) is 4.44. The van der Waals surface area contributed by atoms with Gasteiger partial charge in [-0.3, -0.25) is 14.3 Å². The van der Waals surface area contributed by atoms with Crippen LogP contribution in [0.3, 0.4) is 0 Å². The molecule has 1 aromatic heterocycles. The van der Waals surface area contributed by atoms with E-state index in [2.05, 4.69) is 16.5 Å². The summed E-state index contributed by atoms with van der Waals surface area (Å²) in [4.78, 5) is 26.2. The summed E-state index contributed by atoms with van der Waals surface area (Å²) in [5.74, 6) is -0.0543. The number of carbonyl (C=O) groups excluding carboxylic acids is 2. The molecule has 0 saturated heterocycles. The number of fused-ring (bicyclic) bond motifs is 1. The highest BCUT2D eigenvalue weighted by atomic mass is 16.2. The van der Waals surface area contributed by atoms with E-state index >= 15 is 0 Å².